The van der Waals surface area contributed by atoms with Crippen molar-refractivity contribution in [1.29, 1.82) is 0 Å². The lowest BCUT2D eigenvalue weighted by atomic mass is 10.0. The number of oxime groups is 1. The number of carbonyl (C=O) groups is 4. The lowest BCUT2D eigenvalue weighted by molar-refractivity contribution is -0.154. The van der Waals surface area contributed by atoms with Gasteiger partial charge in [-0.05, 0) is 57.6 Å². The van der Waals surface area contributed by atoms with Gasteiger partial charge < -0.3 is 19.6 Å². The van der Waals surface area contributed by atoms with Gasteiger partial charge in [0.15, 0.2) is 16.9 Å². The Morgan fingerprint density at radius 3 is 2.39 bits per heavy atom. The van der Waals surface area contributed by atoms with Crippen LogP contribution >= 0.6 is 46.6 Å². The van der Waals surface area contributed by atoms with Crippen molar-refractivity contribution < 1.29 is 33.5 Å². The third kappa shape index (κ3) is 10.0. The summed E-state index contributed by atoms with van der Waals surface area (Å²) in [5, 5.41) is 22.5. The first kappa shape index (κ1) is 40.4. The van der Waals surface area contributed by atoms with Gasteiger partial charge >= 0.3 is 12.1 Å². The summed E-state index contributed by atoms with van der Waals surface area (Å²) < 4.78 is 11.6. The van der Waals surface area contributed by atoms with Crippen molar-refractivity contribution in [3.05, 3.63) is 99.7 Å². The van der Waals surface area contributed by atoms with Gasteiger partial charge in [-0.2, -0.15) is 10.3 Å². The summed E-state index contributed by atoms with van der Waals surface area (Å²) in [5.74, 6) is -1.45. The van der Waals surface area contributed by atoms with E-state index in [0.717, 1.165) is 48.1 Å². The third-order valence-corrected chi connectivity index (χ3v) is 13.2. The van der Waals surface area contributed by atoms with Crippen molar-refractivity contribution in [2.45, 2.75) is 80.7 Å². The molecule has 298 valence electrons. The second kappa shape index (κ2) is 18.2. The summed E-state index contributed by atoms with van der Waals surface area (Å²) in [7, 11) is 0. The SMILES string of the molecule is CC(C)(C)OC(=O)Nc1nc(C(=NOC2CCCC2)C(=O)N[C@@H]2C(=O)N3C(C(=O)OC(c4ccccc4)c4ccccc4)=C(SCSc4cn[nH]n4)CS[C@@H]23)cs1. The number of hydrogen-bond donors (Lipinski definition) is 3. The predicted molar refractivity (Wildman–Crippen MR) is 219 cm³/mol. The van der Waals surface area contributed by atoms with Gasteiger partial charge in [-0.25, -0.2) is 14.6 Å². The monoisotopic (exact) mass is 848 g/mol. The fourth-order valence-electron chi connectivity index (χ4n) is 6.23. The molecule has 2 aromatic carbocycles. The largest absolute Gasteiger partial charge is 0.448 e. The van der Waals surface area contributed by atoms with Crippen LogP contribution in [0.5, 0.6) is 0 Å². The topological polar surface area (TPSA) is 190 Å². The number of β-lactam (4-membered cyclic amide) rings is 1. The van der Waals surface area contributed by atoms with E-state index in [4.69, 9.17) is 14.3 Å². The van der Waals surface area contributed by atoms with Crippen LogP contribution in [0.1, 0.15) is 69.4 Å². The number of hydrogen-bond acceptors (Lipinski definition) is 15. The number of ether oxygens (including phenoxy) is 2. The number of anilines is 1. The van der Waals surface area contributed by atoms with Crippen molar-refractivity contribution >= 4 is 81.3 Å². The van der Waals surface area contributed by atoms with Gasteiger partial charge in [0.2, 0.25) is 0 Å². The maximum Gasteiger partial charge on any atom is 0.413 e. The van der Waals surface area contributed by atoms with Crippen LogP contribution in [0.2, 0.25) is 0 Å². The molecule has 1 saturated heterocycles. The van der Waals surface area contributed by atoms with E-state index in [9.17, 15) is 19.2 Å². The van der Waals surface area contributed by atoms with E-state index in [1.165, 1.54) is 40.2 Å². The summed E-state index contributed by atoms with van der Waals surface area (Å²) in [6.07, 6.45) is 3.59. The van der Waals surface area contributed by atoms with Gasteiger partial charge in [0.05, 0.1) is 11.3 Å². The lowest BCUT2D eigenvalue weighted by Crippen LogP contribution is -2.71. The average molecular weight is 849 g/mol. The number of nitrogens with one attached hydrogen (secondary N) is 3. The highest BCUT2D eigenvalue weighted by Crippen LogP contribution is 2.45. The highest BCUT2D eigenvalue weighted by molar-refractivity contribution is 8.18. The van der Waals surface area contributed by atoms with E-state index < -0.39 is 47.0 Å². The van der Waals surface area contributed by atoms with E-state index in [0.29, 0.717) is 20.8 Å². The molecule has 7 rings (SSSR count). The summed E-state index contributed by atoms with van der Waals surface area (Å²) in [6, 6.07) is 17.8. The third-order valence-electron chi connectivity index (χ3n) is 8.84. The molecule has 2 aliphatic heterocycles. The lowest BCUT2D eigenvalue weighted by Gasteiger charge is -2.49. The quantitative estimate of drug-likeness (QED) is 0.0304. The Balaban J connectivity index is 1.12. The van der Waals surface area contributed by atoms with Crippen molar-refractivity contribution in [2.24, 2.45) is 5.16 Å². The molecule has 3 N–H and O–H groups in total. The van der Waals surface area contributed by atoms with E-state index in [1.54, 1.807) is 32.3 Å². The molecular formula is C38H40N8O7S4. The van der Waals surface area contributed by atoms with Gasteiger partial charge in [0.25, 0.3) is 11.8 Å². The molecule has 1 aliphatic carbocycles. The predicted octanol–water partition coefficient (Wildman–Crippen LogP) is 6.70. The number of amides is 3. The Morgan fingerprint density at radius 1 is 1.04 bits per heavy atom. The molecule has 4 heterocycles. The molecule has 4 aromatic rings. The summed E-state index contributed by atoms with van der Waals surface area (Å²) in [5.41, 5.74) is 0.961. The number of thioether (sulfide) groups is 3. The van der Waals surface area contributed by atoms with Crippen molar-refractivity contribution in [1.82, 2.24) is 30.6 Å². The molecule has 1 saturated carbocycles. The molecule has 2 fully saturated rings. The molecule has 57 heavy (non-hydrogen) atoms. The van der Waals surface area contributed by atoms with Crippen molar-refractivity contribution in [3.8, 4) is 0 Å². The van der Waals surface area contributed by atoms with Crippen LogP contribution in [-0.2, 0) is 28.7 Å². The van der Waals surface area contributed by atoms with Crippen LogP contribution in [0, 0.1) is 0 Å². The zero-order valence-electron chi connectivity index (χ0n) is 31.2. The average Bonchev–Trinajstić information content (AvgIpc) is 4.01. The van der Waals surface area contributed by atoms with Gasteiger partial charge in [-0.1, -0.05) is 77.6 Å². The number of benzene rings is 2. The molecule has 15 nitrogen and oxygen atoms in total. The summed E-state index contributed by atoms with van der Waals surface area (Å²) >= 11 is 5.36. The summed E-state index contributed by atoms with van der Waals surface area (Å²) in [4.78, 5) is 67.2. The summed E-state index contributed by atoms with van der Waals surface area (Å²) in [6.45, 7) is 5.24. The highest BCUT2D eigenvalue weighted by atomic mass is 32.2. The molecular weight excluding hydrogens is 809 g/mol. The van der Waals surface area contributed by atoms with Crippen LogP contribution < -0.4 is 10.6 Å². The minimum Gasteiger partial charge on any atom is -0.448 e. The Kier molecular flexibility index (Phi) is 12.9. The van der Waals surface area contributed by atoms with Gasteiger partial charge in [-0.3, -0.25) is 19.8 Å². The molecule has 0 bridgehead atoms. The van der Waals surface area contributed by atoms with Gasteiger partial charge in [-0.15, -0.1) is 40.0 Å². The van der Waals surface area contributed by atoms with Gasteiger partial charge in [0, 0.05) is 16.0 Å². The van der Waals surface area contributed by atoms with E-state index in [2.05, 4.69) is 36.2 Å². The second-order valence-electron chi connectivity index (χ2n) is 14.1. The van der Waals surface area contributed by atoms with Crippen LogP contribution in [-0.4, -0.2) is 88.8 Å². The molecule has 3 amide bonds. The molecule has 19 heteroatoms. The Labute approximate surface area is 345 Å². The number of fused-ring (bicyclic) bond motifs is 1. The molecule has 2 aromatic heterocycles. The number of esters is 1. The number of thiazole rings is 1. The first-order chi connectivity index (χ1) is 27.5. The highest BCUT2D eigenvalue weighted by Gasteiger charge is 2.55. The first-order valence-electron chi connectivity index (χ1n) is 18.1. The van der Waals surface area contributed by atoms with Crippen molar-refractivity contribution in [2.75, 3.05) is 16.2 Å². The Hall–Kier alpha value is -4.85. The molecule has 0 spiro atoms. The second-order valence-corrected chi connectivity index (χ2v) is 18.5. The van der Waals surface area contributed by atoms with E-state index in [1.807, 2.05) is 60.7 Å². The van der Waals surface area contributed by atoms with E-state index >= 15 is 0 Å². The Bertz CT molecular complexity index is 2080. The fraction of sp³-hybridized carbons (Fsp3) is 0.368. The molecule has 3 aliphatic rings. The Morgan fingerprint density at radius 2 is 1.74 bits per heavy atom. The van der Waals surface area contributed by atoms with Crippen LogP contribution in [0.15, 0.2) is 93.0 Å². The van der Waals surface area contributed by atoms with Crippen LogP contribution in [0.3, 0.4) is 0 Å². The minimum atomic E-state index is -0.991. The number of H-pyrrole nitrogens is 1. The minimum absolute atomic E-state index is 0.132. The number of nitrogens with zero attached hydrogens (tertiary/aromatic N) is 5. The number of carbonyl (C=O) groups excluding carboxylic acids is 4. The molecule has 0 radical (unpaired) electrons. The zero-order chi connectivity index (χ0) is 39.9. The van der Waals surface area contributed by atoms with Crippen molar-refractivity contribution in [3.63, 3.8) is 0 Å². The number of aromatic amines is 1. The fourth-order valence-corrected chi connectivity index (χ4v) is 10.5. The first-order valence-corrected chi connectivity index (χ1v) is 22.0. The van der Waals surface area contributed by atoms with Crippen LogP contribution in [0.25, 0.3) is 0 Å². The normalized spacial score (nSPS) is 18.6. The zero-order valence-corrected chi connectivity index (χ0v) is 34.5. The van der Waals surface area contributed by atoms with E-state index in [-0.39, 0.29) is 28.3 Å². The smallest absolute Gasteiger partial charge is 0.413 e. The maximum absolute atomic E-state index is 14.4. The van der Waals surface area contributed by atoms with Gasteiger partial charge in [0.1, 0.15) is 39.5 Å². The number of aromatic nitrogens is 4. The standard InChI is InChI=1S/C38H40N8O7S4/c1-38(2,3)52-37(50)42-36-40-25(19-55-36)28(44-53-24-16-10-11-17-24)32(47)41-29-33(48)46-30(26(20-54-34(29)46)56-21-57-27-18-39-45-43-27)35(49)51-31(22-12-6-4-7-13-22)23-14-8-5-9-15-23/h4-9,12-15,18-19,24,29,31,34H,10-11,16-17,20-21H2,1-3H3,(H,41,47)(H,39,43,45)(H,40,42,50)/t29-,34+/m1/s1. The maximum atomic E-state index is 14.4. The van der Waals surface area contributed by atoms with Crippen LogP contribution in [0.4, 0.5) is 9.93 Å². The molecule has 2 atom stereocenters. The molecule has 0 unspecified atom stereocenters. The number of rotatable bonds is 14.